The first kappa shape index (κ1) is 14.4. The molecule has 0 saturated heterocycles. The van der Waals surface area contributed by atoms with E-state index in [1.165, 1.54) is 5.56 Å². The van der Waals surface area contributed by atoms with Crippen molar-refractivity contribution < 1.29 is 0 Å². The van der Waals surface area contributed by atoms with Crippen LogP contribution < -0.4 is 5.32 Å². The van der Waals surface area contributed by atoms with Crippen LogP contribution in [0.2, 0.25) is 0 Å². The number of thiazole rings is 1. The van der Waals surface area contributed by atoms with Crippen LogP contribution in [0.15, 0.2) is 58.5 Å². The minimum Gasteiger partial charge on any atom is -0.307 e. The molecular formula is C16H14BrN3S. The van der Waals surface area contributed by atoms with E-state index in [0.29, 0.717) is 0 Å². The molecule has 5 heteroatoms. The maximum Gasteiger partial charge on any atom is 0.142 e. The summed E-state index contributed by atoms with van der Waals surface area (Å²) in [6.45, 7) is 1.59. The predicted molar refractivity (Wildman–Crippen MR) is 90.0 cm³/mol. The van der Waals surface area contributed by atoms with Gasteiger partial charge in [0.25, 0.3) is 0 Å². The Morgan fingerprint density at radius 3 is 2.86 bits per heavy atom. The minimum absolute atomic E-state index is 0.760. The maximum absolute atomic E-state index is 4.61. The van der Waals surface area contributed by atoms with E-state index >= 15 is 0 Å². The molecule has 0 fully saturated rings. The summed E-state index contributed by atoms with van der Waals surface area (Å²) in [6, 6.07) is 14.2. The zero-order valence-electron chi connectivity index (χ0n) is 11.3. The molecule has 2 heterocycles. The summed E-state index contributed by atoms with van der Waals surface area (Å²) in [6.07, 6.45) is 1.79. The topological polar surface area (TPSA) is 37.8 Å². The average molecular weight is 360 g/mol. The van der Waals surface area contributed by atoms with E-state index in [9.17, 15) is 0 Å². The van der Waals surface area contributed by atoms with Crippen LogP contribution in [0.3, 0.4) is 0 Å². The minimum atomic E-state index is 0.760. The van der Waals surface area contributed by atoms with Crippen LogP contribution in [0.1, 0.15) is 11.3 Å². The second-order valence-electron chi connectivity index (χ2n) is 4.59. The Labute approximate surface area is 136 Å². The van der Waals surface area contributed by atoms with Gasteiger partial charge in [-0.1, -0.05) is 34.1 Å². The van der Waals surface area contributed by atoms with Crippen LogP contribution in [0, 0.1) is 0 Å². The van der Waals surface area contributed by atoms with Crippen LogP contribution in [0.25, 0.3) is 10.7 Å². The van der Waals surface area contributed by atoms with Gasteiger partial charge in [-0.05, 0) is 29.8 Å². The lowest BCUT2D eigenvalue weighted by Gasteiger charge is -2.03. The van der Waals surface area contributed by atoms with Crippen molar-refractivity contribution in [3.8, 4) is 10.7 Å². The van der Waals surface area contributed by atoms with Gasteiger partial charge in [0.05, 0.1) is 11.4 Å². The molecule has 1 aromatic carbocycles. The highest BCUT2D eigenvalue weighted by Gasteiger charge is 2.05. The van der Waals surface area contributed by atoms with Gasteiger partial charge >= 0.3 is 0 Å². The van der Waals surface area contributed by atoms with Gasteiger partial charge in [0.1, 0.15) is 5.01 Å². The van der Waals surface area contributed by atoms with Crippen molar-refractivity contribution in [1.82, 2.24) is 15.3 Å². The molecular weight excluding hydrogens is 346 g/mol. The average Bonchev–Trinajstić information content (AvgIpc) is 2.97. The number of halogens is 1. The monoisotopic (exact) mass is 359 g/mol. The predicted octanol–water partition coefficient (Wildman–Crippen LogP) is 4.26. The molecule has 2 aromatic heterocycles. The van der Waals surface area contributed by atoms with E-state index in [4.69, 9.17) is 0 Å². The number of benzene rings is 1. The van der Waals surface area contributed by atoms with Crippen molar-refractivity contribution in [3.63, 3.8) is 0 Å². The summed E-state index contributed by atoms with van der Waals surface area (Å²) >= 11 is 5.11. The Hall–Kier alpha value is -1.56. The summed E-state index contributed by atoms with van der Waals surface area (Å²) in [7, 11) is 0. The largest absolute Gasteiger partial charge is 0.307 e. The highest BCUT2D eigenvalue weighted by molar-refractivity contribution is 9.10. The number of hydrogen-bond acceptors (Lipinski definition) is 4. The summed E-state index contributed by atoms with van der Waals surface area (Å²) in [5, 5.41) is 6.46. The number of nitrogens with zero attached hydrogens (tertiary/aromatic N) is 2. The van der Waals surface area contributed by atoms with Crippen molar-refractivity contribution in [2.45, 2.75) is 13.1 Å². The fourth-order valence-electron chi connectivity index (χ4n) is 1.98. The lowest BCUT2D eigenvalue weighted by molar-refractivity contribution is 0.683. The third-order valence-corrected chi connectivity index (χ3v) is 4.37. The Morgan fingerprint density at radius 2 is 2.05 bits per heavy atom. The third-order valence-electron chi connectivity index (χ3n) is 2.96. The highest BCUT2D eigenvalue weighted by atomic mass is 79.9. The van der Waals surface area contributed by atoms with Gasteiger partial charge in [-0.25, -0.2) is 4.98 Å². The van der Waals surface area contributed by atoms with E-state index in [1.54, 1.807) is 17.5 Å². The van der Waals surface area contributed by atoms with Gasteiger partial charge in [-0.3, -0.25) is 4.98 Å². The zero-order valence-corrected chi connectivity index (χ0v) is 13.7. The second-order valence-corrected chi connectivity index (χ2v) is 6.37. The number of aromatic nitrogens is 2. The van der Waals surface area contributed by atoms with Crippen LogP contribution in [0.4, 0.5) is 0 Å². The van der Waals surface area contributed by atoms with Crippen molar-refractivity contribution in [2.75, 3.05) is 0 Å². The molecule has 0 saturated carbocycles. The fraction of sp³-hybridized carbons (Fsp3) is 0.125. The van der Waals surface area contributed by atoms with E-state index in [-0.39, 0.29) is 0 Å². The quantitative estimate of drug-likeness (QED) is 0.739. The first-order valence-corrected chi connectivity index (χ1v) is 8.29. The van der Waals surface area contributed by atoms with Gasteiger partial charge in [-0.15, -0.1) is 11.3 Å². The SMILES string of the molecule is Brc1cccc(CNCc2csc(-c3ccccn3)n2)c1. The number of rotatable bonds is 5. The van der Waals surface area contributed by atoms with Gasteiger partial charge in [0, 0.05) is 29.1 Å². The molecule has 3 aromatic rings. The molecule has 0 aliphatic carbocycles. The Balaban J connectivity index is 1.58. The van der Waals surface area contributed by atoms with E-state index in [0.717, 1.165) is 34.0 Å². The van der Waals surface area contributed by atoms with E-state index < -0.39 is 0 Å². The standard InChI is InChI=1S/C16H14BrN3S/c17-13-5-3-4-12(8-13)9-18-10-14-11-21-16(20-14)15-6-1-2-7-19-15/h1-8,11,18H,9-10H2. The summed E-state index contributed by atoms with van der Waals surface area (Å²) in [5.41, 5.74) is 3.24. The molecule has 0 aliphatic rings. The number of nitrogens with one attached hydrogen (secondary N) is 1. The van der Waals surface area contributed by atoms with Crippen molar-refractivity contribution in [2.24, 2.45) is 0 Å². The third kappa shape index (κ3) is 3.97. The molecule has 106 valence electrons. The first-order valence-electron chi connectivity index (χ1n) is 6.62. The normalized spacial score (nSPS) is 10.7. The molecule has 0 unspecified atom stereocenters. The molecule has 0 spiro atoms. The molecule has 0 atom stereocenters. The highest BCUT2D eigenvalue weighted by Crippen LogP contribution is 2.21. The maximum atomic E-state index is 4.61. The van der Waals surface area contributed by atoms with Crippen LogP contribution in [0.5, 0.6) is 0 Å². The second kappa shape index (κ2) is 6.93. The van der Waals surface area contributed by atoms with E-state index in [2.05, 4.69) is 48.7 Å². The molecule has 0 amide bonds. The Bertz CT molecular complexity index is 712. The molecule has 3 rings (SSSR count). The molecule has 0 radical (unpaired) electrons. The first-order chi connectivity index (χ1) is 10.3. The number of hydrogen-bond donors (Lipinski definition) is 1. The summed E-state index contributed by atoms with van der Waals surface area (Å²) in [4.78, 5) is 8.94. The molecule has 0 aliphatic heterocycles. The lowest BCUT2D eigenvalue weighted by Crippen LogP contribution is -2.12. The van der Waals surface area contributed by atoms with Gasteiger partial charge in [-0.2, -0.15) is 0 Å². The number of pyridine rings is 1. The van der Waals surface area contributed by atoms with Crippen LogP contribution >= 0.6 is 27.3 Å². The van der Waals surface area contributed by atoms with Gasteiger partial charge in [0.2, 0.25) is 0 Å². The fourth-order valence-corrected chi connectivity index (χ4v) is 3.22. The molecule has 1 N–H and O–H groups in total. The van der Waals surface area contributed by atoms with Gasteiger partial charge < -0.3 is 5.32 Å². The lowest BCUT2D eigenvalue weighted by atomic mass is 10.2. The van der Waals surface area contributed by atoms with Crippen molar-refractivity contribution >= 4 is 27.3 Å². The summed E-state index contributed by atoms with van der Waals surface area (Å²) in [5.74, 6) is 0. The molecule has 3 nitrogen and oxygen atoms in total. The van der Waals surface area contributed by atoms with Crippen molar-refractivity contribution in [3.05, 3.63) is 69.8 Å². The zero-order chi connectivity index (χ0) is 14.5. The van der Waals surface area contributed by atoms with Gasteiger partial charge in [0.15, 0.2) is 0 Å². The Kier molecular flexibility index (Phi) is 4.75. The smallest absolute Gasteiger partial charge is 0.142 e. The van der Waals surface area contributed by atoms with Crippen LogP contribution in [-0.2, 0) is 13.1 Å². The van der Waals surface area contributed by atoms with Crippen molar-refractivity contribution in [1.29, 1.82) is 0 Å². The van der Waals surface area contributed by atoms with Crippen LogP contribution in [-0.4, -0.2) is 9.97 Å². The molecule has 0 bridgehead atoms. The van der Waals surface area contributed by atoms with E-state index in [1.807, 2.05) is 30.3 Å². The summed E-state index contributed by atoms with van der Waals surface area (Å²) < 4.78 is 1.10. The Morgan fingerprint density at radius 1 is 1.10 bits per heavy atom. The molecule has 21 heavy (non-hydrogen) atoms.